The molecule has 1 aromatic rings. The average Bonchev–Trinajstić information content (AvgIpc) is 2.35. The smallest absolute Gasteiger partial charge is 0.270 e. The van der Waals surface area contributed by atoms with E-state index in [0.717, 1.165) is 18.5 Å². The Morgan fingerprint density at radius 2 is 2.21 bits per heavy atom. The summed E-state index contributed by atoms with van der Waals surface area (Å²) in [5.41, 5.74) is 0.807. The van der Waals surface area contributed by atoms with Gasteiger partial charge in [0.05, 0.1) is 9.95 Å². The standard InChI is InChI=1S/C12H17ClN2O3S/c1-9(19(2)18)5-6-14-8-10-3-4-11(15(16)17)7-12(10)13/h3-4,7,9,14H,5-6,8H2,1-2H3. The number of benzene rings is 1. The Hall–Kier alpha value is -0.980. The van der Waals surface area contributed by atoms with Gasteiger partial charge in [-0.05, 0) is 24.6 Å². The summed E-state index contributed by atoms with van der Waals surface area (Å²) in [6.45, 7) is 3.21. The number of hydrogen-bond donors (Lipinski definition) is 1. The van der Waals surface area contributed by atoms with Gasteiger partial charge in [-0.25, -0.2) is 0 Å². The van der Waals surface area contributed by atoms with E-state index in [1.54, 1.807) is 12.3 Å². The van der Waals surface area contributed by atoms with Crippen LogP contribution in [0.2, 0.25) is 5.02 Å². The van der Waals surface area contributed by atoms with Crippen molar-refractivity contribution < 1.29 is 9.13 Å². The van der Waals surface area contributed by atoms with Crippen LogP contribution in [0.3, 0.4) is 0 Å². The van der Waals surface area contributed by atoms with E-state index in [0.29, 0.717) is 11.6 Å². The van der Waals surface area contributed by atoms with Crippen molar-refractivity contribution in [3.63, 3.8) is 0 Å². The SMILES string of the molecule is CC(CCNCc1ccc([N+](=O)[O-])cc1Cl)S(C)=O. The van der Waals surface area contributed by atoms with Crippen LogP contribution in [-0.2, 0) is 17.3 Å². The number of nitro benzene ring substituents is 1. The van der Waals surface area contributed by atoms with E-state index >= 15 is 0 Å². The minimum absolute atomic E-state index is 0.0104. The lowest BCUT2D eigenvalue weighted by Crippen LogP contribution is -2.21. The molecule has 1 N–H and O–H groups in total. The number of nitro groups is 1. The minimum atomic E-state index is -0.812. The third-order valence-electron chi connectivity index (χ3n) is 2.86. The summed E-state index contributed by atoms with van der Waals surface area (Å²) >= 11 is 5.97. The zero-order chi connectivity index (χ0) is 14.4. The second-order valence-corrected chi connectivity index (χ2v) is 6.52. The van der Waals surface area contributed by atoms with Gasteiger partial charge in [0.25, 0.3) is 5.69 Å². The van der Waals surface area contributed by atoms with Crippen LogP contribution in [-0.4, -0.2) is 27.2 Å². The molecule has 0 aliphatic heterocycles. The molecule has 0 heterocycles. The molecule has 2 unspecified atom stereocenters. The Kier molecular flexibility index (Phi) is 6.41. The molecule has 1 rings (SSSR count). The lowest BCUT2D eigenvalue weighted by Gasteiger charge is -2.10. The first kappa shape index (κ1) is 16.1. The van der Waals surface area contributed by atoms with Crippen molar-refractivity contribution in [2.75, 3.05) is 12.8 Å². The number of halogens is 1. The number of nitrogens with zero attached hydrogens (tertiary/aromatic N) is 1. The summed E-state index contributed by atoms with van der Waals surface area (Å²) in [7, 11) is -0.812. The first-order valence-corrected chi connectivity index (χ1v) is 7.87. The van der Waals surface area contributed by atoms with Gasteiger partial charge < -0.3 is 5.32 Å². The van der Waals surface area contributed by atoms with Gasteiger partial charge in [0, 0.05) is 41.0 Å². The third-order valence-corrected chi connectivity index (χ3v) is 4.58. The van der Waals surface area contributed by atoms with Crippen molar-refractivity contribution in [2.24, 2.45) is 0 Å². The van der Waals surface area contributed by atoms with Crippen molar-refractivity contribution in [3.05, 3.63) is 38.9 Å². The summed E-state index contributed by atoms with van der Waals surface area (Å²) in [5, 5.41) is 14.3. The second-order valence-electron chi connectivity index (χ2n) is 4.31. The van der Waals surface area contributed by atoms with Crippen molar-refractivity contribution in [2.45, 2.75) is 25.1 Å². The molecule has 106 valence electrons. The van der Waals surface area contributed by atoms with Crippen LogP contribution < -0.4 is 5.32 Å². The molecule has 0 radical (unpaired) electrons. The zero-order valence-corrected chi connectivity index (χ0v) is 12.5. The maximum Gasteiger partial charge on any atom is 0.270 e. The molecule has 0 fully saturated rings. The fraction of sp³-hybridized carbons (Fsp3) is 0.500. The summed E-state index contributed by atoms with van der Waals surface area (Å²) in [6, 6.07) is 4.43. The quantitative estimate of drug-likeness (QED) is 0.477. The zero-order valence-electron chi connectivity index (χ0n) is 10.9. The van der Waals surface area contributed by atoms with E-state index in [-0.39, 0.29) is 10.9 Å². The first-order chi connectivity index (χ1) is 8.91. The van der Waals surface area contributed by atoms with Crippen LogP contribution in [0.5, 0.6) is 0 Å². The van der Waals surface area contributed by atoms with Crippen molar-refractivity contribution in [1.82, 2.24) is 5.32 Å². The molecule has 0 aliphatic rings. The number of rotatable bonds is 7. The van der Waals surface area contributed by atoms with Gasteiger partial charge in [-0.2, -0.15) is 0 Å². The highest BCUT2D eigenvalue weighted by atomic mass is 35.5. The minimum Gasteiger partial charge on any atom is -0.313 e. The molecule has 1 aromatic carbocycles. The predicted molar refractivity (Wildman–Crippen MR) is 78.0 cm³/mol. The van der Waals surface area contributed by atoms with Crippen molar-refractivity contribution >= 4 is 28.1 Å². The van der Waals surface area contributed by atoms with Gasteiger partial charge in [0.2, 0.25) is 0 Å². The fourth-order valence-corrected chi connectivity index (χ4v) is 2.18. The van der Waals surface area contributed by atoms with E-state index < -0.39 is 15.7 Å². The average molecular weight is 305 g/mol. The van der Waals surface area contributed by atoms with Gasteiger partial charge in [0.15, 0.2) is 0 Å². The van der Waals surface area contributed by atoms with Gasteiger partial charge in [-0.3, -0.25) is 14.3 Å². The number of non-ortho nitro benzene ring substituents is 1. The summed E-state index contributed by atoms with van der Waals surface area (Å²) in [6.07, 6.45) is 2.51. The number of nitrogens with one attached hydrogen (secondary N) is 1. The highest BCUT2D eigenvalue weighted by Crippen LogP contribution is 2.22. The molecule has 0 saturated carbocycles. The lowest BCUT2D eigenvalue weighted by molar-refractivity contribution is -0.384. The molecule has 0 bridgehead atoms. The first-order valence-electron chi connectivity index (χ1n) is 5.87. The molecule has 0 saturated heterocycles. The van der Waals surface area contributed by atoms with E-state index in [1.165, 1.54) is 12.1 Å². The maximum atomic E-state index is 11.2. The van der Waals surface area contributed by atoms with Gasteiger partial charge >= 0.3 is 0 Å². The monoisotopic (exact) mass is 304 g/mol. The van der Waals surface area contributed by atoms with Crippen LogP contribution in [0.1, 0.15) is 18.9 Å². The van der Waals surface area contributed by atoms with E-state index in [4.69, 9.17) is 11.6 Å². The molecule has 19 heavy (non-hydrogen) atoms. The highest BCUT2D eigenvalue weighted by molar-refractivity contribution is 7.84. The Balaban J connectivity index is 2.46. The Bertz CT molecular complexity index is 482. The van der Waals surface area contributed by atoms with Gasteiger partial charge in [-0.15, -0.1) is 0 Å². The molecule has 7 heteroatoms. The predicted octanol–water partition coefficient (Wildman–Crippen LogP) is 2.49. The highest BCUT2D eigenvalue weighted by Gasteiger charge is 2.09. The maximum absolute atomic E-state index is 11.2. The summed E-state index contributed by atoms with van der Waals surface area (Å²) < 4.78 is 11.2. The Morgan fingerprint density at radius 3 is 2.74 bits per heavy atom. The van der Waals surface area contributed by atoms with Crippen LogP contribution >= 0.6 is 11.6 Å². The largest absolute Gasteiger partial charge is 0.313 e. The van der Waals surface area contributed by atoms with Gasteiger partial charge in [-0.1, -0.05) is 18.5 Å². The molecule has 0 aliphatic carbocycles. The van der Waals surface area contributed by atoms with Crippen LogP contribution in [0.25, 0.3) is 0 Å². The molecular weight excluding hydrogens is 288 g/mol. The van der Waals surface area contributed by atoms with E-state index in [9.17, 15) is 14.3 Å². The van der Waals surface area contributed by atoms with E-state index in [1.807, 2.05) is 6.92 Å². The molecule has 0 spiro atoms. The van der Waals surface area contributed by atoms with E-state index in [2.05, 4.69) is 5.32 Å². The third kappa shape index (κ3) is 5.26. The Morgan fingerprint density at radius 1 is 1.53 bits per heavy atom. The van der Waals surface area contributed by atoms with Crippen molar-refractivity contribution in [3.8, 4) is 0 Å². The van der Waals surface area contributed by atoms with Gasteiger partial charge in [0.1, 0.15) is 0 Å². The lowest BCUT2D eigenvalue weighted by atomic mass is 10.2. The van der Waals surface area contributed by atoms with Crippen LogP contribution in [0, 0.1) is 10.1 Å². The number of hydrogen-bond acceptors (Lipinski definition) is 4. The summed E-state index contributed by atoms with van der Waals surface area (Å²) in [5.74, 6) is 0. The molecule has 0 amide bonds. The van der Waals surface area contributed by atoms with Crippen LogP contribution in [0.4, 0.5) is 5.69 Å². The molecule has 0 aromatic heterocycles. The Labute approximate surface area is 120 Å². The normalized spacial score (nSPS) is 14.1. The molecule has 2 atom stereocenters. The second kappa shape index (κ2) is 7.57. The van der Waals surface area contributed by atoms with Crippen molar-refractivity contribution in [1.29, 1.82) is 0 Å². The molecular formula is C12H17ClN2O3S. The fourth-order valence-electron chi connectivity index (χ4n) is 1.49. The molecule has 5 nitrogen and oxygen atoms in total. The topological polar surface area (TPSA) is 72.2 Å². The summed E-state index contributed by atoms with van der Waals surface area (Å²) in [4.78, 5) is 10.1. The van der Waals surface area contributed by atoms with Crippen LogP contribution in [0.15, 0.2) is 18.2 Å².